The molecule has 4 aromatic rings. The summed E-state index contributed by atoms with van der Waals surface area (Å²) in [7, 11) is 0. The van der Waals surface area contributed by atoms with Crippen molar-refractivity contribution in [2.45, 2.75) is 38.1 Å². The van der Waals surface area contributed by atoms with E-state index in [1.54, 1.807) is 11.8 Å². The van der Waals surface area contributed by atoms with E-state index in [4.69, 9.17) is 0 Å². The lowest BCUT2D eigenvalue weighted by Gasteiger charge is -2.09. The van der Waals surface area contributed by atoms with Gasteiger partial charge in [0.2, 0.25) is 5.91 Å². The second kappa shape index (κ2) is 9.49. The summed E-state index contributed by atoms with van der Waals surface area (Å²) in [6.07, 6.45) is 4.08. The number of rotatable bonds is 7. The van der Waals surface area contributed by atoms with Crippen LogP contribution in [0.4, 0.5) is 5.69 Å². The van der Waals surface area contributed by atoms with Crippen LogP contribution in [0, 0.1) is 20.8 Å². The average molecular weight is 449 g/mol. The third kappa shape index (κ3) is 5.62. The minimum Gasteiger partial charge on any atom is -0.326 e. The Balaban J connectivity index is 1.36. The zero-order valence-corrected chi connectivity index (χ0v) is 19.4. The molecule has 2 aromatic carbocycles. The molecule has 31 heavy (non-hydrogen) atoms. The summed E-state index contributed by atoms with van der Waals surface area (Å²) in [5.74, 6) is 0.653. The van der Waals surface area contributed by atoms with E-state index in [0.29, 0.717) is 5.75 Å². The van der Waals surface area contributed by atoms with Crippen LogP contribution in [0.5, 0.6) is 0 Å². The Hall–Kier alpha value is -2.90. The Morgan fingerprint density at radius 1 is 1.06 bits per heavy atom. The second-order valence-corrected chi connectivity index (χ2v) is 9.42. The van der Waals surface area contributed by atoms with Gasteiger partial charge in [-0.2, -0.15) is 0 Å². The average Bonchev–Trinajstić information content (AvgIpc) is 3.36. The lowest BCUT2D eigenvalue weighted by atomic mass is 10.1. The van der Waals surface area contributed by atoms with Gasteiger partial charge in [-0.3, -0.25) is 9.36 Å². The fraction of sp³-hybridized carbons (Fsp3) is 0.208. The highest BCUT2D eigenvalue weighted by molar-refractivity contribution is 7.98. The van der Waals surface area contributed by atoms with Gasteiger partial charge in [-0.15, -0.1) is 11.3 Å². The number of nitrogens with one attached hydrogen (secondary N) is 1. The predicted molar refractivity (Wildman–Crippen MR) is 128 cm³/mol. The maximum absolute atomic E-state index is 12.3. The predicted octanol–water partition coefficient (Wildman–Crippen LogP) is 5.73. The zero-order chi connectivity index (χ0) is 21.8. The summed E-state index contributed by atoms with van der Waals surface area (Å²) in [5, 5.41) is 6.69. The van der Waals surface area contributed by atoms with Crippen molar-refractivity contribution in [3.63, 3.8) is 0 Å². The van der Waals surface area contributed by atoms with Crippen molar-refractivity contribution in [1.82, 2.24) is 14.5 Å². The van der Waals surface area contributed by atoms with Gasteiger partial charge in [0.25, 0.3) is 0 Å². The van der Waals surface area contributed by atoms with Crippen LogP contribution in [0.15, 0.2) is 65.4 Å². The lowest BCUT2D eigenvalue weighted by molar-refractivity contribution is -0.115. The Labute approximate surface area is 190 Å². The van der Waals surface area contributed by atoms with E-state index in [9.17, 15) is 4.79 Å². The van der Waals surface area contributed by atoms with Gasteiger partial charge in [0.15, 0.2) is 5.16 Å². The SMILES string of the molecule is Cc1ccc(NC(=O)Cc2nc(CSc3nccn3-c3cc(C)cc(C)c3)cs2)cc1. The number of amides is 1. The van der Waals surface area contributed by atoms with Gasteiger partial charge in [0, 0.05) is 34.9 Å². The molecule has 0 unspecified atom stereocenters. The first-order chi connectivity index (χ1) is 15.0. The Bertz CT molecular complexity index is 1170. The lowest BCUT2D eigenvalue weighted by Crippen LogP contribution is -2.14. The smallest absolute Gasteiger partial charge is 0.231 e. The van der Waals surface area contributed by atoms with Crippen LogP contribution in [0.3, 0.4) is 0 Å². The highest BCUT2D eigenvalue weighted by Crippen LogP contribution is 2.26. The van der Waals surface area contributed by atoms with Crippen LogP contribution in [0.1, 0.15) is 27.4 Å². The second-order valence-electron chi connectivity index (χ2n) is 7.54. The molecule has 7 heteroatoms. The summed E-state index contributed by atoms with van der Waals surface area (Å²) in [6.45, 7) is 6.23. The molecule has 0 bridgehead atoms. The molecule has 0 saturated heterocycles. The molecule has 2 aromatic heterocycles. The molecule has 158 valence electrons. The largest absolute Gasteiger partial charge is 0.326 e. The van der Waals surface area contributed by atoms with Crippen molar-refractivity contribution in [2.75, 3.05) is 5.32 Å². The minimum absolute atomic E-state index is 0.0530. The van der Waals surface area contributed by atoms with Crippen molar-refractivity contribution in [2.24, 2.45) is 0 Å². The number of hydrogen-bond acceptors (Lipinski definition) is 5. The molecule has 1 amide bonds. The number of benzene rings is 2. The number of thioether (sulfide) groups is 1. The van der Waals surface area contributed by atoms with E-state index in [1.807, 2.05) is 49.0 Å². The van der Waals surface area contributed by atoms with Crippen molar-refractivity contribution < 1.29 is 4.79 Å². The van der Waals surface area contributed by atoms with E-state index in [0.717, 1.165) is 27.2 Å². The fourth-order valence-corrected chi connectivity index (χ4v) is 5.06. The standard InChI is InChI=1S/C24H24N4OS2/c1-16-4-6-19(7-5-16)26-22(29)13-23-27-20(14-30-23)15-31-24-25-8-9-28(24)21-11-17(2)10-18(3)12-21/h4-12,14H,13,15H2,1-3H3,(H,26,29). The first kappa shape index (κ1) is 21.3. The van der Waals surface area contributed by atoms with Gasteiger partial charge in [-0.25, -0.2) is 9.97 Å². The minimum atomic E-state index is -0.0530. The molecule has 0 fully saturated rings. The summed E-state index contributed by atoms with van der Waals surface area (Å²) in [4.78, 5) is 21.5. The summed E-state index contributed by atoms with van der Waals surface area (Å²) in [6, 6.07) is 14.3. The van der Waals surface area contributed by atoms with Gasteiger partial charge in [-0.05, 0) is 56.2 Å². The number of anilines is 1. The van der Waals surface area contributed by atoms with Gasteiger partial charge >= 0.3 is 0 Å². The molecule has 0 atom stereocenters. The number of aryl methyl sites for hydroxylation is 3. The zero-order valence-electron chi connectivity index (χ0n) is 17.8. The Morgan fingerprint density at radius 2 is 1.81 bits per heavy atom. The maximum atomic E-state index is 12.3. The van der Waals surface area contributed by atoms with Gasteiger partial charge < -0.3 is 5.32 Å². The van der Waals surface area contributed by atoms with Crippen molar-refractivity contribution in [3.05, 3.63) is 87.6 Å². The molecule has 1 N–H and O–H groups in total. The van der Waals surface area contributed by atoms with Gasteiger partial charge in [0.1, 0.15) is 5.01 Å². The Morgan fingerprint density at radius 3 is 2.55 bits per heavy atom. The number of carbonyl (C=O) groups is 1. The fourth-order valence-electron chi connectivity index (χ4n) is 3.30. The number of nitrogens with zero attached hydrogens (tertiary/aromatic N) is 3. The van der Waals surface area contributed by atoms with Crippen LogP contribution in [-0.2, 0) is 17.0 Å². The van der Waals surface area contributed by atoms with Gasteiger partial charge in [-0.1, -0.05) is 35.5 Å². The molecule has 0 aliphatic carbocycles. The van der Waals surface area contributed by atoms with Crippen LogP contribution < -0.4 is 5.32 Å². The van der Waals surface area contributed by atoms with Crippen LogP contribution in [0.25, 0.3) is 5.69 Å². The van der Waals surface area contributed by atoms with E-state index < -0.39 is 0 Å². The third-order valence-electron chi connectivity index (χ3n) is 4.69. The molecule has 0 aliphatic heterocycles. The molecule has 4 rings (SSSR count). The monoisotopic (exact) mass is 448 g/mol. The first-order valence-corrected chi connectivity index (χ1v) is 11.9. The van der Waals surface area contributed by atoms with Crippen molar-refractivity contribution >= 4 is 34.7 Å². The maximum Gasteiger partial charge on any atom is 0.231 e. The van der Waals surface area contributed by atoms with Crippen LogP contribution >= 0.6 is 23.1 Å². The number of hydrogen-bond donors (Lipinski definition) is 1. The van der Waals surface area contributed by atoms with Crippen molar-refractivity contribution in [1.29, 1.82) is 0 Å². The van der Waals surface area contributed by atoms with E-state index in [2.05, 4.69) is 51.9 Å². The highest BCUT2D eigenvalue weighted by Gasteiger charge is 2.11. The number of carbonyl (C=O) groups excluding carboxylic acids is 1. The van der Waals surface area contributed by atoms with E-state index >= 15 is 0 Å². The molecule has 5 nitrogen and oxygen atoms in total. The summed E-state index contributed by atoms with van der Waals surface area (Å²) < 4.78 is 2.10. The quantitative estimate of drug-likeness (QED) is 0.367. The molecular formula is C24H24N4OS2. The molecular weight excluding hydrogens is 424 g/mol. The number of aromatic nitrogens is 3. The topological polar surface area (TPSA) is 59.8 Å². The van der Waals surface area contributed by atoms with Gasteiger partial charge in [0.05, 0.1) is 12.1 Å². The molecule has 0 aliphatic rings. The summed E-state index contributed by atoms with van der Waals surface area (Å²) in [5.41, 5.74) is 6.51. The van der Waals surface area contributed by atoms with E-state index in [-0.39, 0.29) is 12.3 Å². The highest BCUT2D eigenvalue weighted by atomic mass is 32.2. The van der Waals surface area contributed by atoms with Crippen LogP contribution in [-0.4, -0.2) is 20.4 Å². The van der Waals surface area contributed by atoms with Crippen LogP contribution in [0.2, 0.25) is 0 Å². The summed E-state index contributed by atoms with van der Waals surface area (Å²) >= 11 is 3.17. The number of thiazole rings is 1. The number of imidazole rings is 1. The molecule has 0 saturated carbocycles. The Kier molecular flexibility index (Phi) is 6.53. The molecule has 0 spiro atoms. The molecule has 2 heterocycles. The third-order valence-corrected chi connectivity index (χ3v) is 6.59. The normalized spacial score (nSPS) is 10.9. The van der Waals surface area contributed by atoms with Crippen molar-refractivity contribution in [3.8, 4) is 5.69 Å². The van der Waals surface area contributed by atoms with E-state index in [1.165, 1.54) is 28.0 Å². The first-order valence-electron chi connectivity index (χ1n) is 10.0. The molecule has 0 radical (unpaired) electrons.